The van der Waals surface area contributed by atoms with E-state index in [0.717, 1.165) is 25.0 Å². The minimum absolute atomic E-state index is 0.664. The molecule has 0 radical (unpaired) electrons. The van der Waals surface area contributed by atoms with Gasteiger partial charge in [0.15, 0.2) is 6.16 Å². The second-order valence-corrected chi connectivity index (χ2v) is 11.5. The lowest BCUT2D eigenvalue weighted by Crippen LogP contribution is -2.19. The molecular weight excluding hydrogens is 199 g/mol. The van der Waals surface area contributed by atoms with Crippen molar-refractivity contribution in [2.75, 3.05) is 12.8 Å². The standard InChI is InChI=1S/C9H22O2PSi/c1-5-6-7-11-12(10)8-9-13(2,3)4/h5-9H2,1-4H3/q+1. The highest BCUT2D eigenvalue weighted by Crippen LogP contribution is 2.26. The first-order chi connectivity index (χ1) is 5.95. The molecule has 0 heterocycles. The molecule has 2 nitrogen and oxygen atoms in total. The van der Waals surface area contributed by atoms with Gasteiger partial charge in [0.1, 0.15) is 6.61 Å². The molecule has 0 aromatic carbocycles. The largest absolute Gasteiger partial charge is 0.507 e. The Morgan fingerprint density at radius 1 is 1.31 bits per heavy atom. The number of unbranched alkanes of at least 4 members (excludes halogenated alkanes) is 1. The van der Waals surface area contributed by atoms with Crippen molar-refractivity contribution in [3.63, 3.8) is 0 Å². The molecule has 78 valence electrons. The molecule has 13 heavy (non-hydrogen) atoms. The van der Waals surface area contributed by atoms with Crippen LogP contribution in [0.1, 0.15) is 19.8 Å². The fourth-order valence-corrected chi connectivity index (χ4v) is 4.68. The van der Waals surface area contributed by atoms with Gasteiger partial charge in [0.2, 0.25) is 0 Å². The average Bonchev–Trinajstić information content (AvgIpc) is 2.00. The SMILES string of the molecule is CCCCO[P+](=O)CC[Si](C)(C)C. The van der Waals surface area contributed by atoms with Gasteiger partial charge in [-0.3, -0.25) is 0 Å². The third kappa shape index (κ3) is 10.2. The Bertz CT molecular complexity index is 154. The second kappa shape index (κ2) is 6.69. The summed E-state index contributed by atoms with van der Waals surface area (Å²) in [6.07, 6.45) is 2.89. The van der Waals surface area contributed by atoms with E-state index in [1.54, 1.807) is 0 Å². The highest BCUT2D eigenvalue weighted by Gasteiger charge is 2.23. The van der Waals surface area contributed by atoms with Gasteiger partial charge >= 0.3 is 8.03 Å². The van der Waals surface area contributed by atoms with Crippen molar-refractivity contribution in [1.82, 2.24) is 0 Å². The van der Waals surface area contributed by atoms with Crippen LogP contribution in [-0.4, -0.2) is 20.8 Å². The van der Waals surface area contributed by atoms with E-state index < -0.39 is 16.1 Å². The Kier molecular flexibility index (Phi) is 6.83. The molecule has 1 unspecified atom stereocenters. The van der Waals surface area contributed by atoms with Crippen LogP contribution in [0.25, 0.3) is 0 Å². The lowest BCUT2D eigenvalue weighted by atomic mass is 10.4. The molecule has 0 aliphatic heterocycles. The average molecular weight is 221 g/mol. The molecule has 4 heteroatoms. The summed E-state index contributed by atoms with van der Waals surface area (Å²) in [5, 5.41) is 0. The lowest BCUT2D eigenvalue weighted by Gasteiger charge is -2.10. The monoisotopic (exact) mass is 221 g/mol. The van der Waals surface area contributed by atoms with E-state index >= 15 is 0 Å². The summed E-state index contributed by atoms with van der Waals surface area (Å²) >= 11 is 0. The number of hydrogen-bond acceptors (Lipinski definition) is 2. The van der Waals surface area contributed by atoms with E-state index in [2.05, 4.69) is 26.6 Å². The smallest absolute Gasteiger partial charge is 0.146 e. The topological polar surface area (TPSA) is 26.3 Å². The van der Waals surface area contributed by atoms with Crippen molar-refractivity contribution < 1.29 is 9.09 Å². The fraction of sp³-hybridized carbons (Fsp3) is 1.00. The molecule has 0 spiro atoms. The molecule has 1 atom stereocenters. The van der Waals surface area contributed by atoms with Gasteiger partial charge in [0.05, 0.1) is 0 Å². The van der Waals surface area contributed by atoms with Gasteiger partial charge in [-0.15, -0.1) is 4.52 Å². The quantitative estimate of drug-likeness (QED) is 0.370. The minimum Gasteiger partial charge on any atom is -0.146 e. The number of rotatable bonds is 7. The van der Waals surface area contributed by atoms with Crippen LogP contribution in [0.5, 0.6) is 0 Å². The summed E-state index contributed by atoms with van der Waals surface area (Å²) in [6.45, 7) is 9.66. The maximum atomic E-state index is 11.3. The Balaban J connectivity index is 3.41. The Hall–Kier alpha value is 0.277. The van der Waals surface area contributed by atoms with E-state index in [1.807, 2.05) is 0 Å². The first kappa shape index (κ1) is 13.3. The van der Waals surface area contributed by atoms with E-state index in [1.165, 1.54) is 0 Å². The van der Waals surface area contributed by atoms with E-state index in [4.69, 9.17) is 4.52 Å². The van der Waals surface area contributed by atoms with Gasteiger partial charge in [-0.1, -0.05) is 33.0 Å². The van der Waals surface area contributed by atoms with Gasteiger partial charge in [-0.05, 0) is 17.0 Å². The highest BCUT2D eigenvalue weighted by atomic mass is 31.1. The Labute approximate surface area is 83.9 Å². The lowest BCUT2D eigenvalue weighted by molar-refractivity contribution is 0.321. The zero-order chi connectivity index (χ0) is 10.3. The normalized spacial score (nSPS) is 13.1. The minimum atomic E-state index is -1.37. The molecule has 0 aromatic heterocycles. The molecule has 0 aromatic rings. The van der Waals surface area contributed by atoms with Crippen LogP contribution in [0.4, 0.5) is 0 Å². The summed E-state index contributed by atoms with van der Waals surface area (Å²) in [5.41, 5.74) is 0. The van der Waals surface area contributed by atoms with Crippen molar-refractivity contribution >= 4 is 16.1 Å². The summed E-state index contributed by atoms with van der Waals surface area (Å²) in [4.78, 5) is 0. The molecule has 0 bridgehead atoms. The van der Waals surface area contributed by atoms with Gasteiger partial charge in [0, 0.05) is 8.07 Å². The summed E-state index contributed by atoms with van der Waals surface area (Å²) in [7, 11) is -2.40. The van der Waals surface area contributed by atoms with Crippen molar-refractivity contribution in [1.29, 1.82) is 0 Å². The van der Waals surface area contributed by atoms with Crippen LogP contribution in [0.15, 0.2) is 0 Å². The van der Waals surface area contributed by atoms with Crippen LogP contribution in [0.3, 0.4) is 0 Å². The third-order valence-electron chi connectivity index (χ3n) is 1.78. The molecule has 0 N–H and O–H groups in total. The first-order valence-corrected chi connectivity index (χ1v) is 10.1. The van der Waals surface area contributed by atoms with Crippen LogP contribution >= 0.6 is 8.03 Å². The van der Waals surface area contributed by atoms with Crippen LogP contribution in [0.2, 0.25) is 25.7 Å². The third-order valence-corrected chi connectivity index (χ3v) is 5.01. The predicted molar refractivity (Wildman–Crippen MR) is 61.5 cm³/mol. The molecular formula is C9H22O2PSi+. The van der Waals surface area contributed by atoms with E-state index in [9.17, 15) is 4.57 Å². The van der Waals surface area contributed by atoms with Crippen molar-refractivity contribution in [2.45, 2.75) is 45.5 Å². The van der Waals surface area contributed by atoms with Crippen molar-refractivity contribution in [3.8, 4) is 0 Å². The van der Waals surface area contributed by atoms with Crippen LogP contribution < -0.4 is 0 Å². The number of hydrogen-bond donors (Lipinski definition) is 0. The zero-order valence-electron chi connectivity index (χ0n) is 9.30. The molecule has 0 saturated heterocycles. The van der Waals surface area contributed by atoms with E-state index in [-0.39, 0.29) is 0 Å². The molecule has 0 fully saturated rings. The fourth-order valence-electron chi connectivity index (χ4n) is 0.802. The Morgan fingerprint density at radius 2 is 1.92 bits per heavy atom. The Morgan fingerprint density at radius 3 is 2.38 bits per heavy atom. The van der Waals surface area contributed by atoms with Gasteiger partial charge in [0.25, 0.3) is 0 Å². The van der Waals surface area contributed by atoms with Gasteiger partial charge in [-0.25, -0.2) is 0 Å². The zero-order valence-corrected chi connectivity index (χ0v) is 11.2. The summed E-state index contributed by atoms with van der Waals surface area (Å²) in [6, 6.07) is 1.11. The summed E-state index contributed by atoms with van der Waals surface area (Å²) in [5.74, 6) is 0. The highest BCUT2D eigenvalue weighted by molar-refractivity contribution is 7.39. The van der Waals surface area contributed by atoms with Gasteiger partial charge in [-0.2, -0.15) is 0 Å². The van der Waals surface area contributed by atoms with E-state index in [0.29, 0.717) is 6.61 Å². The molecule has 0 saturated carbocycles. The molecule has 0 aliphatic rings. The maximum absolute atomic E-state index is 11.3. The van der Waals surface area contributed by atoms with Crippen molar-refractivity contribution in [2.24, 2.45) is 0 Å². The summed E-state index contributed by atoms with van der Waals surface area (Å²) < 4.78 is 16.5. The molecule has 0 amide bonds. The maximum Gasteiger partial charge on any atom is 0.507 e. The second-order valence-electron chi connectivity index (χ2n) is 4.55. The molecule has 0 aliphatic carbocycles. The van der Waals surface area contributed by atoms with Crippen LogP contribution in [0, 0.1) is 0 Å². The van der Waals surface area contributed by atoms with Gasteiger partial charge < -0.3 is 0 Å². The van der Waals surface area contributed by atoms with Crippen LogP contribution in [-0.2, 0) is 9.09 Å². The predicted octanol–water partition coefficient (Wildman–Crippen LogP) is 3.88. The first-order valence-electron chi connectivity index (χ1n) is 5.03. The van der Waals surface area contributed by atoms with Crippen molar-refractivity contribution in [3.05, 3.63) is 0 Å². The molecule has 0 rings (SSSR count).